The van der Waals surface area contributed by atoms with Gasteiger partial charge in [-0.05, 0) is 55.7 Å². The van der Waals surface area contributed by atoms with E-state index in [1.165, 1.54) is 24.1 Å². The summed E-state index contributed by atoms with van der Waals surface area (Å²) in [6.07, 6.45) is 7.44. The van der Waals surface area contributed by atoms with Gasteiger partial charge in [0.25, 0.3) is 0 Å². The maximum atomic E-state index is 12.8. The molecule has 1 aliphatic heterocycles. The molecular formula is C25H29N5O2. The normalized spacial score (nSPS) is 20.9. The number of aryl methyl sites for hydroxylation is 1. The van der Waals surface area contributed by atoms with Gasteiger partial charge in [0, 0.05) is 31.1 Å². The molecule has 6 rings (SSSR count). The number of carbonyl (C=O) groups is 1. The van der Waals surface area contributed by atoms with Gasteiger partial charge in [-0.1, -0.05) is 12.1 Å². The van der Waals surface area contributed by atoms with Crippen molar-refractivity contribution in [3.8, 4) is 0 Å². The van der Waals surface area contributed by atoms with E-state index < -0.39 is 0 Å². The quantitative estimate of drug-likeness (QED) is 0.614. The Morgan fingerprint density at radius 2 is 2.00 bits per heavy atom. The van der Waals surface area contributed by atoms with Crippen molar-refractivity contribution in [3.63, 3.8) is 0 Å². The summed E-state index contributed by atoms with van der Waals surface area (Å²) in [6, 6.07) is 8.36. The van der Waals surface area contributed by atoms with E-state index in [4.69, 9.17) is 4.74 Å². The number of Topliss-reactive ketones (excluding diaryl/α,β-unsaturated/α-hetero) is 1. The van der Waals surface area contributed by atoms with Gasteiger partial charge >= 0.3 is 0 Å². The molecule has 7 heteroatoms. The molecule has 1 atom stereocenters. The second-order valence-corrected chi connectivity index (χ2v) is 9.32. The molecule has 0 radical (unpaired) electrons. The summed E-state index contributed by atoms with van der Waals surface area (Å²) in [5.74, 6) is 2.01. The van der Waals surface area contributed by atoms with E-state index in [0.717, 1.165) is 80.2 Å². The van der Waals surface area contributed by atoms with Crippen LogP contribution in [0.25, 0.3) is 11.0 Å². The highest BCUT2D eigenvalue weighted by atomic mass is 16.5. The van der Waals surface area contributed by atoms with Crippen molar-refractivity contribution in [3.05, 3.63) is 41.9 Å². The number of ether oxygens (including phenoxy) is 1. The van der Waals surface area contributed by atoms with Crippen molar-refractivity contribution in [2.45, 2.75) is 38.5 Å². The number of aromatic nitrogens is 3. The monoisotopic (exact) mass is 431 g/mol. The minimum atomic E-state index is 0.121. The van der Waals surface area contributed by atoms with Gasteiger partial charge < -0.3 is 19.9 Å². The number of morpholine rings is 1. The highest BCUT2D eigenvalue weighted by Crippen LogP contribution is 2.39. The van der Waals surface area contributed by atoms with Gasteiger partial charge in [-0.2, -0.15) is 0 Å². The standard InChI is InChI=1S/C25H29N5O2/c31-22(13-16-5-6-16)17-7-8-19-18(14-17)23-24(28-19)26-15-27-25(23)29-20-3-1-2-4-21(20)30-9-11-32-12-10-30/h1-4,15-17H,5-14H2,(H2,26,27,28,29). The van der Waals surface area contributed by atoms with Gasteiger partial charge in [-0.3, -0.25) is 4.79 Å². The van der Waals surface area contributed by atoms with Gasteiger partial charge in [-0.15, -0.1) is 0 Å². The van der Waals surface area contributed by atoms with E-state index in [2.05, 4.69) is 43.4 Å². The fraction of sp³-hybridized carbons (Fsp3) is 0.480. The Balaban J connectivity index is 1.33. The Hall–Kier alpha value is -2.93. The van der Waals surface area contributed by atoms with Crippen LogP contribution in [-0.2, 0) is 22.4 Å². The zero-order chi connectivity index (χ0) is 21.5. The van der Waals surface area contributed by atoms with E-state index in [9.17, 15) is 4.79 Å². The number of fused-ring (bicyclic) bond motifs is 3. The Morgan fingerprint density at radius 3 is 2.84 bits per heavy atom. The van der Waals surface area contributed by atoms with Gasteiger partial charge in [-0.25, -0.2) is 9.97 Å². The van der Waals surface area contributed by atoms with Crippen molar-refractivity contribution in [1.29, 1.82) is 0 Å². The van der Waals surface area contributed by atoms with Crippen LogP contribution in [0.4, 0.5) is 17.2 Å². The third kappa shape index (κ3) is 3.75. The minimum Gasteiger partial charge on any atom is -0.378 e. The second kappa shape index (κ2) is 8.20. The molecule has 7 nitrogen and oxygen atoms in total. The average Bonchev–Trinajstić information content (AvgIpc) is 3.56. The van der Waals surface area contributed by atoms with E-state index in [1.807, 2.05) is 6.07 Å². The van der Waals surface area contributed by atoms with E-state index in [-0.39, 0.29) is 5.92 Å². The molecule has 32 heavy (non-hydrogen) atoms. The Morgan fingerprint density at radius 1 is 1.16 bits per heavy atom. The molecule has 1 aromatic carbocycles. The summed E-state index contributed by atoms with van der Waals surface area (Å²) >= 11 is 0. The Kier molecular flexibility index (Phi) is 5.06. The lowest BCUT2D eigenvalue weighted by atomic mass is 9.82. The summed E-state index contributed by atoms with van der Waals surface area (Å²) in [5, 5.41) is 4.63. The predicted octanol–water partition coefficient (Wildman–Crippen LogP) is 4.01. The first-order valence-corrected chi connectivity index (χ1v) is 11.8. The molecule has 1 saturated carbocycles. The molecule has 2 N–H and O–H groups in total. The van der Waals surface area contributed by atoms with Crippen molar-refractivity contribution in [2.24, 2.45) is 11.8 Å². The third-order valence-corrected chi connectivity index (χ3v) is 7.13. The molecular weight excluding hydrogens is 402 g/mol. The van der Waals surface area contributed by atoms with Crippen molar-refractivity contribution in [2.75, 3.05) is 36.5 Å². The zero-order valence-electron chi connectivity index (χ0n) is 18.3. The van der Waals surface area contributed by atoms with Crippen molar-refractivity contribution < 1.29 is 9.53 Å². The van der Waals surface area contributed by atoms with Gasteiger partial charge in [0.1, 0.15) is 23.6 Å². The zero-order valence-corrected chi connectivity index (χ0v) is 18.3. The van der Waals surface area contributed by atoms with Crippen molar-refractivity contribution in [1.82, 2.24) is 15.0 Å². The van der Waals surface area contributed by atoms with Gasteiger partial charge in [0.05, 0.1) is 30.0 Å². The SMILES string of the molecule is O=C(CC1CC1)C1CCc2[nH]c3ncnc(Nc4ccccc4N4CCOCC4)c3c2C1. The largest absolute Gasteiger partial charge is 0.378 e. The highest BCUT2D eigenvalue weighted by molar-refractivity contribution is 5.95. The number of ketones is 1. The molecule has 166 valence electrons. The molecule has 1 saturated heterocycles. The number of hydrogen-bond acceptors (Lipinski definition) is 6. The molecule has 3 aromatic rings. The lowest BCUT2D eigenvalue weighted by Gasteiger charge is -2.30. The maximum Gasteiger partial charge on any atom is 0.143 e. The summed E-state index contributed by atoms with van der Waals surface area (Å²) in [5.41, 5.74) is 5.46. The molecule has 0 spiro atoms. The first-order chi connectivity index (χ1) is 15.8. The number of carbonyl (C=O) groups excluding carboxylic acids is 1. The smallest absolute Gasteiger partial charge is 0.143 e. The predicted molar refractivity (Wildman–Crippen MR) is 125 cm³/mol. The third-order valence-electron chi connectivity index (χ3n) is 7.13. The molecule has 1 unspecified atom stereocenters. The van der Waals surface area contributed by atoms with Crippen LogP contribution >= 0.6 is 0 Å². The highest BCUT2D eigenvalue weighted by Gasteiger charge is 2.32. The Labute approximate surface area is 187 Å². The number of nitrogens with zero attached hydrogens (tertiary/aromatic N) is 3. The average molecular weight is 432 g/mol. The number of H-pyrrole nitrogens is 1. The van der Waals surface area contributed by atoms with Gasteiger partial charge in [0.15, 0.2) is 0 Å². The van der Waals surface area contributed by atoms with Crippen LogP contribution in [0.5, 0.6) is 0 Å². The topological polar surface area (TPSA) is 83.1 Å². The van der Waals surface area contributed by atoms with Crippen LogP contribution in [0.3, 0.4) is 0 Å². The van der Waals surface area contributed by atoms with E-state index in [1.54, 1.807) is 6.33 Å². The van der Waals surface area contributed by atoms with Crippen molar-refractivity contribution >= 4 is 34.0 Å². The lowest BCUT2D eigenvalue weighted by molar-refractivity contribution is -0.123. The van der Waals surface area contributed by atoms with Crippen LogP contribution in [0, 0.1) is 11.8 Å². The molecule has 2 aromatic heterocycles. The van der Waals surface area contributed by atoms with Crippen LogP contribution in [-0.4, -0.2) is 47.0 Å². The number of nitrogens with one attached hydrogen (secondary N) is 2. The van der Waals surface area contributed by atoms with Crippen LogP contribution in [0.2, 0.25) is 0 Å². The van der Waals surface area contributed by atoms with Crippen LogP contribution < -0.4 is 10.2 Å². The molecule has 0 amide bonds. The lowest BCUT2D eigenvalue weighted by Crippen LogP contribution is -2.36. The first kappa shape index (κ1) is 19.7. The van der Waals surface area contributed by atoms with E-state index >= 15 is 0 Å². The number of rotatable bonds is 6. The Bertz CT molecular complexity index is 1150. The number of para-hydroxylation sites is 2. The van der Waals surface area contributed by atoms with Crippen LogP contribution in [0.1, 0.15) is 36.9 Å². The number of benzene rings is 1. The molecule has 2 fully saturated rings. The summed E-state index contributed by atoms with van der Waals surface area (Å²) < 4.78 is 5.53. The number of aromatic amines is 1. The van der Waals surface area contributed by atoms with E-state index in [0.29, 0.717) is 11.7 Å². The fourth-order valence-electron chi connectivity index (χ4n) is 5.17. The molecule has 0 bridgehead atoms. The number of anilines is 3. The minimum absolute atomic E-state index is 0.121. The molecule has 3 aliphatic rings. The summed E-state index contributed by atoms with van der Waals surface area (Å²) in [4.78, 5) is 27.8. The summed E-state index contributed by atoms with van der Waals surface area (Å²) in [7, 11) is 0. The first-order valence-electron chi connectivity index (χ1n) is 11.8. The molecule has 3 heterocycles. The molecule has 2 aliphatic carbocycles. The summed E-state index contributed by atoms with van der Waals surface area (Å²) in [6.45, 7) is 3.24. The number of hydrogen-bond donors (Lipinski definition) is 2. The second-order valence-electron chi connectivity index (χ2n) is 9.32. The van der Waals surface area contributed by atoms with Gasteiger partial charge in [0.2, 0.25) is 0 Å². The maximum absolute atomic E-state index is 12.8. The van der Waals surface area contributed by atoms with Crippen LogP contribution in [0.15, 0.2) is 30.6 Å². The fourth-order valence-corrected chi connectivity index (χ4v) is 5.17.